The van der Waals surface area contributed by atoms with Crippen LogP contribution >= 0.6 is 11.3 Å². The molecule has 0 spiro atoms. The fourth-order valence-corrected chi connectivity index (χ4v) is 3.64. The van der Waals surface area contributed by atoms with Gasteiger partial charge in [-0.2, -0.15) is 0 Å². The predicted molar refractivity (Wildman–Crippen MR) is 98.5 cm³/mol. The summed E-state index contributed by atoms with van der Waals surface area (Å²) in [5.74, 6) is -1.63. The minimum Gasteiger partial charge on any atom is -0.478 e. The van der Waals surface area contributed by atoms with Crippen LogP contribution in [0.3, 0.4) is 0 Å². The monoisotopic (exact) mass is 404 g/mol. The number of aromatic nitrogens is 2. The molecule has 0 fully saturated rings. The molecule has 0 atom stereocenters. The van der Waals surface area contributed by atoms with Crippen LogP contribution in [0.1, 0.15) is 20.7 Å². The van der Waals surface area contributed by atoms with Crippen molar-refractivity contribution in [3.8, 4) is 0 Å². The Hall–Kier alpha value is -3.31. The standard InChI is InChI=1S/C16H12N4O5S2/c21-14(18-16-19-17-9-26-16)11-2-1-3-13(8-11)27(24,25)20-12-6-4-10(5-7-12)15(22)23/h1-9,20H,(H,22,23)(H,18,19,21). The number of rotatable bonds is 6. The largest absolute Gasteiger partial charge is 0.478 e. The van der Waals surface area contributed by atoms with E-state index in [1.54, 1.807) is 0 Å². The highest BCUT2D eigenvalue weighted by Gasteiger charge is 2.17. The van der Waals surface area contributed by atoms with Crippen molar-refractivity contribution >= 4 is 44.1 Å². The van der Waals surface area contributed by atoms with Crippen LogP contribution in [0, 0.1) is 0 Å². The SMILES string of the molecule is O=C(O)c1ccc(NS(=O)(=O)c2cccc(C(=O)Nc3nncs3)c2)cc1. The molecule has 0 saturated heterocycles. The lowest BCUT2D eigenvalue weighted by molar-refractivity contribution is 0.0696. The fourth-order valence-electron chi connectivity index (χ4n) is 2.10. The topological polar surface area (TPSA) is 138 Å². The van der Waals surface area contributed by atoms with Crippen molar-refractivity contribution in [2.45, 2.75) is 4.90 Å². The number of amides is 1. The van der Waals surface area contributed by atoms with Crippen molar-refractivity contribution in [3.63, 3.8) is 0 Å². The van der Waals surface area contributed by atoms with Crippen LogP contribution in [0.15, 0.2) is 58.9 Å². The molecule has 0 saturated carbocycles. The van der Waals surface area contributed by atoms with Crippen LogP contribution in [0.5, 0.6) is 0 Å². The van der Waals surface area contributed by atoms with E-state index in [0.29, 0.717) is 5.13 Å². The number of carbonyl (C=O) groups is 2. The zero-order chi connectivity index (χ0) is 19.4. The molecule has 3 rings (SSSR count). The first-order chi connectivity index (χ1) is 12.8. The predicted octanol–water partition coefficient (Wildman–Crippen LogP) is 2.29. The number of hydrogen-bond acceptors (Lipinski definition) is 7. The van der Waals surface area contributed by atoms with Crippen molar-refractivity contribution in [2.75, 3.05) is 10.0 Å². The molecule has 138 valence electrons. The Kier molecular flexibility index (Phi) is 5.14. The molecule has 27 heavy (non-hydrogen) atoms. The Labute approximate surface area is 157 Å². The Bertz CT molecular complexity index is 1080. The number of aromatic carboxylic acids is 1. The molecular weight excluding hydrogens is 392 g/mol. The van der Waals surface area contributed by atoms with Gasteiger partial charge in [-0.05, 0) is 42.5 Å². The summed E-state index contributed by atoms with van der Waals surface area (Å²) >= 11 is 1.13. The number of sulfonamides is 1. The van der Waals surface area contributed by atoms with Gasteiger partial charge >= 0.3 is 5.97 Å². The molecule has 3 aromatic rings. The Morgan fingerprint density at radius 2 is 1.78 bits per heavy atom. The summed E-state index contributed by atoms with van der Waals surface area (Å²) in [6.45, 7) is 0. The van der Waals surface area contributed by atoms with Gasteiger partial charge in [0.25, 0.3) is 15.9 Å². The molecule has 1 heterocycles. The van der Waals surface area contributed by atoms with Crippen LogP contribution < -0.4 is 10.0 Å². The second-order valence-corrected chi connectivity index (χ2v) is 7.73. The third-order valence-electron chi connectivity index (χ3n) is 3.37. The van der Waals surface area contributed by atoms with Gasteiger partial charge < -0.3 is 5.11 Å². The lowest BCUT2D eigenvalue weighted by Gasteiger charge is -2.09. The van der Waals surface area contributed by atoms with Gasteiger partial charge in [0.15, 0.2) is 0 Å². The summed E-state index contributed by atoms with van der Waals surface area (Å²) in [7, 11) is -3.97. The average Bonchev–Trinajstić information content (AvgIpc) is 3.15. The van der Waals surface area contributed by atoms with E-state index >= 15 is 0 Å². The maximum atomic E-state index is 12.5. The molecule has 0 aliphatic heterocycles. The van der Waals surface area contributed by atoms with Gasteiger partial charge in [-0.15, -0.1) is 10.2 Å². The smallest absolute Gasteiger partial charge is 0.335 e. The summed E-state index contributed by atoms with van der Waals surface area (Å²) in [4.78, 5) is 22.9. The number of nitrogens with one attached hydrogen (secondary N) is 2. The van der Waals surface area contributed by atoms with Crippen molar-refractivity contribution in [2.24, 2.45) is 0 Å². The van der Waals surface area contributed by atoms with Crippen molar-refractivity contribution in [1.29, 1.82) is 0 Å². The van der Waals surface area contributed by atoms with Crippen LogP contribution in [0.25, 0.3) is 0 Å². The Morgan fingerprint density at radius 1 is 1.04 bits per heavy atom. The van der Waals surface area contributed by atoms with Gasteiger partial charge in [0.05, 0.1) is 10.5 Å². The van der Waals surface area contributed by atoms with E-state index in [4.69, 9.17) is 5.11 Å². The van der Waals surface area contributed by atoms with E-state index < -0.39 is 21.9 Å². The normalized spacial score (nSPS) is 11.0. The molecule has 0 unspecified atom stereocenters. The zero-order valence-corrected chi connectivity index (χ0v) is 15.1. The van der Waals surface area contributed by atoms with Crippen LogP contribution in [0.2, 0.25) is 0 Å². The van der Waals surface area contributed by atoms with Gasteiger partial charge in [-0.3, -0.25) is 14.8 Å². The molecule has 1 aromatic heterocycles. The quantitative estimate of drug-likeness (QED) is 0.573. The summed E-state index contributed by atoms with van der Waals surface area (Å²) in [6, 6.07) is 10.7. The molecule has 0 aliphatic rings. The molecule has 1 amide bonds. The van der Waals surface area contributed by atoms with Gasteiger partial charge in [0, 0.05) is 11.3 Å². The maximum absolute atomic E-state index is 12.5. The second kappa shape index (κ2) is 7.51. The molecule has 3 N–H and O–H groups in total. The second-order valence-electron chi connectivity index (χ2n) is 5.21. The molecule has 11 heteroatoms. The third-order valence-corrected chi connectivity index (χ3v) is 5.36. The fraction of sp³-hybridized carbons (Fsp3) is 0. The van der Waals surface area contributed by atoms with Crippen LogP contribution in [-0.4, -0.2) is 35.6 Å². The van der Waals surface area contributed by atoms with E-state index in [9.17, 15) is 18.0 Å². The number of carbonyl (C=O) groups excluding carboxylic acids is 1. The molecule has 2 aromatic carbocycles. The van der Waals surface area contributed by atoms with Gasteiger partial charge in [0.2, 0.25) is 5.13 Å². The van der Waals surface area contributed by atoms with E-state index in [2.05, 4.69) is 20.2 Å². The first-order valence-electron chi connectivity index (χ1n) is 7.39. The molecular formula is C16H12N4O5S2. The van der Waals surface area contributed by atoms with Gasteiger partial charge in [0.1, 0.15) is 5.51 Å². The lowest BCUT2D eigenvalue weighted by Crippen LogP contribution is -2.16. The Morgan fingerprint density at radius 3 is 2.41 bits per heavy atom. The highest BCUT2D eigenvalue weighted by atomic mass is 32.2. The van der Waals surface area contributed by atoms with Crippen LogP contribution in [0.4, 0.5) is 10.8 Å². The minimum absolute atomic E-state index is 0.0355. The van der Waals surface area contributed by atoms with E-state index in [1.807, 2.05) is 0 Å². The number of hydrogen-bond donors (Lipinski definition) is 3. The van der Waals surface area contributed by atoms with Gasteiger partial charge in [-0.1, -0.05) is 17.4 Å². The third kappa shape index (κ3) is 4.46. The molecule has 0 bridgehead atoms. The highest BCUT2D eigenvalue weighted by molar-refractivity contribution is 7.92. The van der Waals surface area contributed by atoms with E-state index in [-0.39, 0.29) is 21.7 Å². The van der Waals surface area contributed by atoms with E-state index in [1.165, 1.54) is 54.0 Å². The molecule has 0 radical (unpaired) electrons. The number of carboxylic acid groups (broad SMARTS) is 1. The minimum atomic E-state index is -3.97. The van der Waals surface area contributed by atoms with Crippen LogP contribution in [-0.2, 0) is 10.0 Å². The highest BCUT2D eigenvalue weighted by Crippen LogP contribution is 2.19. The van der Waals surface area contributed by atoms with Crippen molar-refractivity contribution in [3.05, 3.63) is 65.2 Å². The van der Waals surface area contributed by atoms with Crippen molar-refractivity contribution < 1.29 is 23.1 Å². The lowest BCUT2D eigenvalue weighted by atomic mass is 10.2. The van der Waals surface area contributed by atoms with E-state index in [0.717, 1.165) is 11.3 Å². The number of benzene rings is 2. The maximum Gasteiger partial charge on any atom is 0.335 e. The number of carboxylic acids is 1. The summed E-state index contributed by atoms with van der Waals surface area (Å²) in [6.07, 6.45) is 0. The summed E-state index contributed by atoms with van der Waals surface area (Å²) in [5.41, 5.74) is 1.82. The number of nitrogens with zero attached hydrogens (tertiary/aromatic N) is 2. The Balaban J connectivity index is 1.80. The van der Waals surface area contributed by atoms with Gasteiger partial charge in [-0.25, -0.2) is 13.2 Å². The molecule has 9 nitrogen and oxygen atoms in total. The summed E-state index contributed by atoms with van der Waals surface area (Å²) < 4.78 is 27.4. The summed E-state index contributed by atoms with van der Waals surface area (Å²) in [5, 5.41) is 19.0. The average molecular weight is 404 g/mol. The van der Waals surface area contributed by atoms with Crippen molar-refractivity contribution in [1.82, 2.24) is 10.2 Å². The zero-order valence-electron chi connectivity index (χ0n) is 13.5. The molecule has 0 aliphatic carbocycles. The first kappa shape index (κ1) is 18.5. The number of anilines is 2. The first-order valence-corrected chi connectivity index (χ1v) is 9.75.